The van der Waals surface area contributed by atoms with E-state index in [4.69, 9.17) is 13.9 Å². The minimum absolute atomic E-state index is 0.177. The third-order valence-corrected chi connectivity index (χ3v) is 9.34. The fourth-order valence-electron chi connectivity index (χ4n) is 2.32. The quantitative estimate of drug-likeness (QED) is 0.733. The van der Waals surface area contributed by atoms with Crippen molar-refractivity contribution in [2.45, 2.75) is 51.6 Å². The highest BCUT2D eigenvalue weighted by atomic mass is 28.4. The molecule has 0 bridgehead atoms. The Kier molecular flexibility index (Phi) is 5.83. The molecule has 0 aliphatic carbocycles. The number of hydrogen-bond donors (Lipinski definition) is 0. The lowest BCUT2D eigenvalue weighted by atomic mass is 10.1. The Hall–Kier alpha value is -0.683. The lowest BCUT2D eigenvalue weighted by molar-refractivity contribution is 0.0486. The topological polar surface area (TPSA) is 27.7 Å². The van der Waals surface area contributed by atoms with Gasteiger partial charge in [-0.3, -0.25) is 0 Å². The van der Waals surface area contributed by atoms with Crippen LogP contribution in [0.1, 0.15) is 26.3 Å². The molecular formula is C18H30O3Si. The van der Waals surface area contributed by atoms with Crippen LogP contribution in [0, 0.1) is 5.92 Å². The Morgan fingerprint density at radius 1 is 1.14 bits per heavy atom. The van der Waals surface area contributed by atoms with Crippen molar-refractivity contribution in [2.24, 2.45) is 5.92 Å². The normalized spacial score (nSPS) is 23.0. The molecule has 2 rings (SSSR count). The first kappa shape index (κ1) is 17.7. The van der Waals surface area contributed by atoms with Crippen molar-refractivity contribution in [1.29, 1.82) is 0 Å². The van der Waals surface area contributed by atoms with E-state index in [1.54, 1.807) is 0 Å². The van der Waals surface area contributed by atoms with E-state index in [-0.39, 0.29) is 11.1 Å². The Morgan fingerprint density at radius 2 is 1.82 bits per heavy atom. The molecule has 1 aromatic carbocycles. The summed E-state index contributed by atoms with van der Waals surface area (Å²) in [6.07, 6.45) is 0.177. The highest BCUT2D eigenvalue weighted by Crippen LogP contribution is 2.38. The van der Waals surface area contributed by atoms with E-state index < -0.39 is 8.32 Å². The second-order valence-corrected chi connectivity index (χ2v) is 12.5. The first-order valence-corrected chi connectivity index (χ1v) is 11.1. The van der Waals surface area contributed by atoms with Gasteiger partial charge in [0.05, 0.1) is 32.5 Å². The molecule has 1 aromatic rings. The highest BCUT2D eigenvalue weighted by molar-refractivity contribution is 6.74. The van der Waals surface area contributed by atoms with Crippen molar-refractivity contribution in [1.82, 2.24) is 0 Å². The van der Waals surface area contributed by atoms with E-state index >= 15 is 0 Å². The van der Waals surface area contributed by atoms with Crippen molar-refractivity contribution >= 4 is 8.32 Å². The van der Waals surface area contributed by atoms with Crippen LogP contribution in [0.25, 0.3) is 0 Å². The van der Waals surface area contributed by atoms with Crippen LogP contribution in [0.4, 0.5) is 0 Å². The van der Waals surface area contributed by atoms with Crippen molar-refractivity contribution < 1.29 is 13.9 Å². The van der Waals surface area contributed by atoms with Gasteiger partial charge in [0.1, 0.15) is 0 Å². The van der Waals surface area contributed by atoms with Crippen LogP contribution in [-0.4, -0.2) is 34.2 Å². The lowest BCUT2D eigenvalue weighted by Crippen LogP contribution is -2.46. The zero-order valence-electron chi connectivity index (χ0n) is 14.6. The van der Waals surface area contributed by atoms with Crippen LogP contribution in [0.2, 0.25) is 18.1 Å². The number of rotatable bonds is 6. The summed E-state index contributed by atoms with van der Waals surface area (Å²) in [6, 6.07) is 10.3. The first-order valence-electron chi connectivity index (χ1n) is 8.17. The van der Waals surface area contributed by atoms with Gasteiger partial charge in [-0.25, -0.2) is 0 Å². The summed E-state index contributed by atoms with van der Waals surface area (Å²) < 4.78 is 18.1. The third kappa shape index (κ3) is 4.65. The van der Waals surface area contributed by atoms with Gasteiger partial charge in [0.2, 0.25) is 0 Å². The van der Waals surface area contributed by atoms with Gasteiger partial charge in [-0.2, -0.15) is 0 Å². The first-order chi connectivity index (χ1) is 10.3. The van der Waals surface area contributed by atoms with Gasteiger partial charge in [-0.1, -0.05) is 51.1 Å². The SMILES string of the molecule is CC(C)(C)[Si](C)(C)O[C@@H]1COC[C@@H]1COCc1ccccc1. The molecule has 124 valence electrons. The molecule has 3 nitrogen and oxygen atoms in total. The van der Waals surface area contributed by atoms with Crippen molar-refractivity contribution in [3.63, 3.8) is 0 Å². The molecular weight excluding hydrogens is 292 g/mol. The molecule has 4 heteroatoms. The fraction of sp³-hybridized carbons (Fsp3) is 0.667. The van der Waals surface area contributed by atoms with E-state index in [0.29, 0.717) is 25.7 Å². The third-order valence-electron chi connectivity index (χ3n) is 4.84. The summed E-state index contributed by atoms with van der Waals surface area (Å²) in [5.41, 5.74) is 1.21. The van der Waals surface area contributed by atoms with Gasteiger partial charge in [-0.15, -0.1) is 0 Å². The Bertz CT molecular complexity index is 453. The molecule has 0 radical (unpaired) electrons. The standard InChI is InChI=1S/C18H30O3Si/c1-18(2,3)22(4,5)21-17-14-20-13-16(17)12-19-11-15-9-7-6-8-10-15/h6-10,16-17H,11-14H2,1-5H3/t16-,17+/m0/s1. The summed E-state index contributed by atoms with van der Waals surface area (Å²) in [4.78, 5) is 0. The molecule has 1 heterocycles. The maximum Gasteiger partial charge on any atom is 0.192 e. The second-order valence-electron chi connectivity index (χ2n) is 7.71. The highest BCUT2D eigenvalue weighted by Gasteiger charge is 2.42. The van der Waals surface area contributed by atoms with E-state index in [1.165, 1.54) is 5.56 Å². The molecule has 2 atom stereocenters. The van der Waals surface area contributed by atoms with Gasteiger partial charge in [0.25, 0.3) is 0 Å². The smallest absolute Gasteiger partial charge is 0.192 e. The van der Waals surface area contributed by atoms with Crippen molar-refractivity contribution in [3.05, 3.63) is 35.9 Å². The van der Waals surface area contributed by atoms with E-state index in [9.17, 15) is 0 Å². The van der Waals surface area contributed by atoms with Crippen LogP contribution >= 0.6 is 0 Å². The Balaban J connectivity index is 1.83. The summed E-state index contributed by atoms with van der Waals surface area (Å²) >= 11 is 0. The maximum atomic E-state index is 6.51. The van der Waals surface area contributed by atoms with Gasteiger partial charge >= 0.3 is 0 Å². The van der Waals surface area contributed by atoms with Crippen LogP contribution in [0.5, 0.6) is 0 Å². The second kappa shape index (κ2) is 7.26. The van der Waals surface area contributed by atoms with Crippen LogP contribution in [0.15, 0.2) is 30.3 Å². The zero-order valence-corrected chi connectivity index (χ0v) is 15.6. The van der Waals surface area contributed by atoms with Gasteiger partial charge in [0.15, 0.2) is 8.32 Å². The molecule has 0 unspecified atom stereocenters. The molecule has 1 saturated heterocycles. The predicted octanol–water partition coefficient (Wildman–Crippen LogP) is 4.24. The summed E-state index contributed by atoms with van der Waals surface area (Å²) in [5, 5.41) is 0.227. The molecule has 1 aliphatic rings. The molecule has 1 aliphatic heterocycles. The minimum Gasteiger partial charge on any atom is -0.411 e. The van der Waals surface area contributed by atoms with E-state index in [1.807, 2.05) is 18.2 Å². The van der Waals surface area contributed by atoms with Crippen LogP contribution in [-0.2, 0) is 20.5 Å². The number of ether oxygens (including phenoxy) is 2. The zero-order chi connectivity index (χ0) is 16.2. The minimum atomic E-state index is -1.75. The maximum absolute atomic E-state index is 6.51. The lowest BCUT2D eigenvalue weighted by Gasteiger charge is -2.39. The molecule has 0 saturated carbocycles. The molecule has 0 aromatic heterocycles. The molecule has 1 fully saturated rings. The predicted molar refractivity (Wildman–Crippen MR) is 92.5 cm³/mol. The largest absolute Gasteiger partial charge is 0.411 e. The summed E-state index contributed by atoms with van der Waals surface area (Å²) in [7, 11) is -1.75. The Morgan fingerprint density at radius 3 is 2.45 bits per heavy atom. The molecule has 0 N–H and O–H groups in total. The molecule has 0 spiro atoms. The fourth-order valence-corrected chi connectivity index (χ4v) is 3.69. The monoisotopic (exact) mass is 322 g/mol. The van der Waals surface area contributed by atoms with Gasteiger partial charge in [0, 0.05) is 5.92 Å². The van der Waals surface area contributed by atoms with Crippen LogP contribution < -0.4 is 0 Å². The average Bonchev–Trinajstić information content (AvgIpc) is 2.85. The summed E-state index contributed by atoms with van der Waals surface area (Å²) in [5.74, 6) is 0.345. The van der Waals surface area contributed by atoms with Gasteiger partial charge < -0.3 is 13.9 Å². The Labute approximate surface area is 136 Å². The number of benzene rings is 1. The summed E-state index contributed by atoms with van der Waals surface area (Å²) in [6.45, 7) is 14.2. The molecule has 22 heavy (non-hydrogen) atoms. The number of hydrogen-bond acceptors (Lipinski definition) is 3. The molecule has 0 amide bonds. The van der Waals surface area contributed by atoms with Crippen molar-refractivity contribution in [2.75, 3.05) is 19.8 Å². The van der Waals surface area contributed by atoms with E-state index in [0.717, 1.165) is 6.61 Å². The van der Waals surface area contributed by atoms with Crippen molar-refractivity contribution in [3.8, 4) is 0 Å². The van der Waals surface area contributed by atoms with E-state index in [2.05, 4.69) is 46.0 Å². The van der Waals surface area contributed by atoms with Crippen LogP contribution in [0.3, 0.4) is 0 Å². The van der Waals surface area contributed by atoms with Gasteiger partial charge in [-0.05, 0) is 23.7 Å². The average molecular weight is 323 g/mol.